The van der Waals surface area contributed by atoms with Gasteiger partial charge < -0.3 is 5.32 Å². The van der Waals surface area contributed by atoms with Crippen molar-refractivity contribution < 1.29 is 0 Å². The van der Waals surface area contributed by atoms with Crippen LogP contribution in [0.2, 0.25) is 5.02 Å². The first-order chi connectivity index (χ1) is 8.15. The van der Waals surface area contributed by atoms with E-state index in [1.807, 2.05) is 12.1 Å². The molecule has 2 rings (SSSR count). The molecule has 0 aliphatic heterocycles. The van der Waals surface area contributed by atoms with Gasteiger partial charge in [0.1, 0.15) is 0 Å². The second-order valence-corrected chi connectivity index (χ2v) is 5.90. The molecule has 0 spiro atoms. The summed E-state index contributed by atoms with van der Waals surface area (Å²) in [5, 5.41) is 4.45. The Morgan fingerprint density at radius 1 is 1.29 bits per heavy atom. The summed E-state index contributed by atoms with van der Waals surface area (Å²) in [7, 11) is 0. The van der Waals surface area contributed by atoms with Crippen molar-refractivity contribution >= 4 is 11.6 Å². The minimum absolute atomic E-state index is 0.420. The Morgan fingerprint density at radius 3 is 2.59 bits per heavy atom. The summed E-state index contributed by atoms with van der Waals surface area (Å²) in [6.45, 7) is 5.73. The van der Waals surface area contributed by atoms with Gasteiger partial charge in [0.15, 0.2) is 0 Å². The molecule has 0 heterocycles. The van der Waals surface area contributed by atoms with Gasteiger partial charge in [0.25, 0.3) is 0 Å². The van der Waals surface area contributed by atoms with Crippen molar-refractivity contribution in [2.24, 2.45) is 11.8 Å². The van der Waals surface area contributed by atoms with Gasteiger partial charge >= 0.3 is 0 Å². The maximum atomic E-state index is 5.89. The number of nitrogens with one attached hydrogen (secondary N) is 1. The topological polar surface area (TPSA) is 12.0 Å². The summed E-state index contributed by atoms with van der Waals surface area (Å²) in [6, 6.07) is 8.57. The van der Waals surface area contributed by atoms with Crippen LogP contribution in [0.25, 0.3) is 0 Å². The summed E-state index contributed by atoms with van der Waals surface area (Å²) in [6.07, 6.45) is 4.18. The van der Waals surface area contributed by atoms with Crippen LogP contribution in [-0.4, -0.2) is 6.54 Å². The van der Waals surface area contributed by atoms with E-state index in [9.17, 15) is 0 Å². The third-order valence-electron chi connectivity index (χ3n) is 3.89. The van der Waals surface area contributed by atoms with Crippen LogP contribution in [0.15, 0.2) is 24.3 Å². The third-order valence-corrected chi connectivity index (χ3v) is 4.14. The average Bonchev–Trinajstić information content (AvgIpc) is 2.73. The predicted molar refractivity (Wildman–Crippen MR) is 74.4 cm³/mol. The maximum absolute atomic E-state index is 5.89. The molecule has 1 saturated carbocycles. The van der Waals surface area contributed by atoms with Crippen LogP contribution in [0.5, 0.6) is 0 Å². The van der Waals surface area contributed by atoms with Gasteiger partial charge in [-0.3, -0.25) is 0 Å². The van der Waals surface area contributed by atoms with Crippen molar-refractivity contribution in [1.29, 1.82) is 0 Å². The first-order valence-corrected chi connectivity index (χ1v) is 7.02. The van der Waals surface area contributed by atoms with Gasteiger partial charge in [-0.2, -0.15) is 0 Å². The van der Waals surface area contributed by atoms with E-state index in [1.165, 1.54) is 24.8 Å². The number of rotatable bonds is 4. The van der Waals surface area contributed by atoms with Crippen LogP contribution < -0.4 is 5.32 Å². The number of hydrogen-bond acceptors (Lipinski definition) is 1. The molecule has 1 fully saturated rings. The smallest absolute Gasteiger partial charge is 0.0406 e. The molecule has 17 heavy (non-hydrogen) atoms. The zero-order chi connectivity index (χ0) is 12.3. The molecular formula is C15H22ClN. The molecule has 1 aromatic rings. The van der Waals surface area contributed by atoms with Gasteiger partial charge in [0, 0.05) is 11.1 Å². The first kappa shape index (κ1) is 12.9. The predicted octanol–water partition coefficient (Wildman–Crippen LogP) is 4.43. The van der Waals surface area contributed by atoms with Crippen LogP contribution in [0.4, 0.5) is 0 Å². The van der Waals surface area contributed by atoms with Gasteiger partial charge in [-0.25, -0.2) is 0 Å². The zero-order valence-corrected chi connectivity index (χ0v) is 11.5. The fourth-order valence-corrected chi connectivity index (χ4v) is 2.85. The van der Waals surface area contributed by atoms with Gasteiger partial charge in [-0.15, -0.1) is 0 Å². The van der Waals surface area contributed by atoms with Crippen molar-refractivity contribution in [1.82, 2.24) is 5.32 Å². The van der Waals surface area contributed by atoms with E-state index in [4.69, 9.17) is 11.6 Å². The number of benzene rings is 1. The highest BCUT2D eigenvalue weighted by atomic mass is 35.5. The van der Waals surface area contributed by atoms with Crippen molar-refractivity contribution in [3.05, 3.63) is 34.9 Å². The SMILES string of the molecule is CC1CCC(CNC(C)c2ccc(Cl)cc2)C1. The van der Waals surface area contributed by atoms with E-state index >= 15 is 0 Å². The van der Waals surface area contributed by atoms with Gasteiger partial charge in [-0.1, -0.05) is 37.1 Å². The van der Waals surface area contributed by atoms with Gasteiger partial charge in [-0.05, 0) is 55.8 Å². The Kier molecular flexibility index (Phi) is 4.47. The molecule has 3 unspecified atom stereocenters. The molecule has 2 heteroatoms. The lowest BCUT2D eigenvalue weighted by atomic mass is 10.0. The largest absolute Gasteiger partial charge is 0.310 e. The molecule has 1 aliphatic carbocycles. The molecule has 0 aromatic heterocycles. The standard InChI is InChI=1S/C15H22ClN/c1-11-3-4-13(9-11)10-17-12(2)14-5-7-15(16)8-6-14/h5-8,11-13,17H,3-4,9-10H2,1-2H3. The Hall–Kier alpha value is -0.530. The summed E-state index contributed by atoms with van der Waals surface area (Å²) < 4.78 is 0. The normalized spacial score (nSPS) is 26.1. The average molecular weight is 252 g/mol. The van der Waals surface area contributed by atoms with Crippen molar-refractivity contribution in [2.45, 2.75) is 39.2 Å². The highest BCUT2D eigenvalue weighted by Gasteiger charge is 2.21. The molecule has 94 valence electrons. The second kappa shape index (κ2) is 5.88. The summed E-state index contributed by atoms with van der Waals surface area (Å²) in [5.41, 5.74) is 1.32. The van der Waals surface area contributed by atoms with Crippen molar-refractivity contribution in [3.63, 3.8) is 0 Å². The fraction of sp³-hybridized carbons (Fsp3) is 0.600. The van der Waals surface area contributed by atoms with E-state index in [0.717, 1.165) is 23.4 Å². The molecule has 0 amide bonds. The maximum Gasteiger partial charge on any atom is 0.0406 e. The highest BCUT2D eigenvalue weighted by molar-refractivity contribution is 6.30. The Balaban J connectivity index is 1.81. The number of halogens is 1. The van der Waals surface area contributed by atoms with E-state index in [1.54, 1.807) is 0 Å². The highest BCUT2D eigenvalue weighted by Crippen LogP contribution is 2.30. The van der Waals surface area contributed by atoms with Crippen LogP contribution in [-0.2, 0) is 0 Å². The molecule has 0 bridgehead atoms. The van der Waals surface area contributed by atoms with E-state index in [2.05, 4.69) is 31.3 Å². The quantitative estimate of drug-likeness (QED) is 0.835. The Morgan fingerprint density at radius 2 is 2.00 bits per heavy atom. The molecule has 0 radical (unpaired) electrons. The lowest BCUT2D eigenvalue weighted by Gasteiger charge is -2.17. The lowest BCUT2D eigenvalue weighted by Crippen LogP contribution is -2.24. The molecule has 3 atom stereocenters. The van der Waals surface area contributed by atoms with Gasteiger partial charge in [0.2, 0.25) is 0 Å². The molecular weight excluding hydrogens is 230 g/mol. The minimum atomic E-state index is 0.420. The molecule has 1 nitrogen and oxygen atoms in total. The van der Waals surface area contributed by atoms with Crippen LogP contribution in [0.1, 0.15) is 44.7 Å². The monoisotopic (exact) mass is 251 g/mol. The molecule has 0 saturated heterocycles. The number of hydrogen-bond donors (Lipinski definition) is 1. The summed E-state index contributed by atoms with van der Waals surface area (Å²) in [4.78, 5) is 0. The molecule has 1 aromatic carbocycles. The first-order valence-electron chi connectivity index (χ1n) is 6.64. The minimum Gasteiger partial charge on any atom is -0.310 e. The molecule has 1 aliphatic rings. The van der Waals surface area contributed by atoms with Crippen molar-refractivity contribution in [3.8, 4) is 0 Å². The molecule has 1 N–H and O–H groups in total. The van der Waals surface area contributed by atoms with Gasteiger partial charge in [0.05, 0.1) is 0 Å². The third kappa shape index (κ3) is 3.72. The van der Waals surface area contributed by atoms with E-state index in [0.29, 0.717) is 6.04 Å². The van der Waals surface area contributed by atoms with E-state index < -0.39 is 0 Å². The van der Waals surface area contributed by atoms with Crippen LogP contribution >= 0.6 is 11.6 Å². The Labute approximate surface area is 110 Å². The van der Waals surface area contributed by atoms with Crippen LogP contribution in [0, 0.1) is 11.8 Å². The second-order valence-electron chi connectivity index (χ2n) is 5.47. The van der Waals surface area contributed by atoms with Crippen molar-refractivity contribution in [2.75, 3.05) is 6.54 Å². The Bertz CT molecular complexity index is 346. The van der Waals surface area contributed by atoms with Crippen LogP contribution in [0.3, 0.4) is 0 Å². The lowest BCUT2D eigenvalue weighted by molar-refractivity contribution is 0.440. The summed E-state index contributed by atoms with van der Waals surface area (Å²) >= 11 is 5.89. The zero-order valence-electron chi connectivity index (χ0n) is 10.7. The van der Waals surface area contributed by atoms with E-state index in [-0.39, 0.29) is 0 Å². The summed E-state index contributed by atoms with van der Waals surface area (Å²) in [5.74, 6) is 1.80. The fourth-order valence-electron chi connectivity index (χ4n) is 2.72.